The molecule has 0 saturated carbocycles. The first-order valence-electron chi connectivity index (χ1n) is 6.20. The van der Waals surface area contributed by atoms with Crippen LogP contribution in [0.4, 0.5) is 0 Å². The fourth-order valence-corrected chi connectivity index (χ4v) is 2.48. The third-order valence-electron chi connectivity index (χ3n) is 3.43. The van der Waals surface area contributed by atoms with Gasteiger partial charge in [-0.05, 0) is 43.8 Å². The number of carboxylic acids is 1. The zero-order chi connectivity index (χ0) is 12.1. The van der Waals surface area contributed by atoms with E-state index in [-0.39, 0.29) is 25.4 Å². The van der Waals surface area contributed by atoms with Crippen LogP contribution in [0.3, 0.4) is 0 Å². The van der Waals surface area contributed by atoms with Gasteiger partial charge in [-0.3, -0.25) is 4.90 Å². The SMILES string of the molecule is O=C([O-])CN1CCC(Cc2ccccc2)CC1.[Li+]. The van der Waals surface area contributed by atoms with Crippen LogP contribution in [0.2, 0.25) is 0 Å². The number of rotatable bonds is 4. The normalized spacial score (nSPS) is 17.1. The van der Waals surface area contributed by atoms with E-state index in [9.17, 15) is 9.90 Å². The third kappa shape index (κ3) is 4.86. The summed E-state index contributed by atoms with van der Waals surface area (Å²) in [5.41, 5.74) is 1.38. The van der Waals surface area contributed by atoms with Crippen molar-refractivity contribution >= 4 is 5.97 Å². The summed E-state index contributed by atoms with van der Waals surface area (Å²) in [6, 6.07) is 10.5. The third-order valence-corrected chi connectivity index (χ3v) is 3.43. The van der Waals surface area contributed by atoms with Crippen molar-refractivity contribution in [2.24, 2.45) is 5.92 Å². The zero-order valence-corrected chi connectivity index (χ0v) is 11.0. The van der Waals surface area contributed by atoms with Gasteiger partial charge in [0.25, 0.3) is 0 Å². The number of benzene rings is 1. The summed E-state index contributed by atoms with van der Waals surface area (Å²) < 4.78 is 0. The van der Waals surface area contributed by atoms with Gasteiger partial charge in [0, 0.05) is 6.54 Å². The number of aliphatic carboxylic acids is 1. The van der Waals surface area contributed by atoms with Crippen LogP contribution < -0.4 is 24.0 Å². The van der Waals surface area contributed by atoms with Crippen LogP contribution in [-0.2, 0) is 11.2 Å². The van der Waals surface area contributed by atoms with Crippen molar-refractivity contribution in [2.45, 2.75) is 19.3 Å². The van der Waals surface area contributed by atoms with Crippen LogP contribution in [0.25, 0.3) is 0 Å². The molecule has 1 heterocycles. The van der Waals surface area contributed by atoms with Gasteiger partial charge in [0.2, 0.25) is 0 Å². The van der Waals surface area contributed by atoms with Gasteiger partial charge in [0.15, 0.2) is 0 Å². The maximum absolute atomic E-state index is 10.5. The minimum atomic E-state index is -0.966. The molecule has 3 nitrogen and oxygen atoms in total. The molecule has 0 atom stereocenters. The molecule has 0 N–H and O–H groups in total. The maximum atomic E-state index is 10.5. The van der Waals surface area contributed by atoms with Crippen molar-refractivity contribution in [2.75, 3.05) is 19.6 Å². The first-order chi connectivity index (χ1) is 8.24. The topological polar surface area (TPSA) is 43.4 Å². The second-order valence-corrected chi connectivity index (χ2v) is 4.78. The number of hydrogen-bond donors (Lipinski definition) is 0. The molecule has 18 heavy (non-hydrogen) atoms. The van der Waals surface area contributed by atoms with Crippen LogP contribution in [0.15, 0.2) is 30.3 Å². The molecule has 0 spiro atoms. The van der Waals surface area contributed by atoms with Gasteiger partial charge in [-0.15, -0.1) is 0 Å². The second-order valence-electron chi connectivity index (χ2n) is 4.78. The summed E-state index contributed by atoms with van der Waals surface area (Å²) in [5, 5.41) is 10.5. The number of nitrogens with zero attached hydrogens (tertiary/aromatic N) is 1. The Bertz CT molecular complexity index is 361. The summed E-state index contributed by atoms with van der Waals surface area (Å²) in [4.78, 5) is 12.5. The van der Waals surface area contributed by atoms with Crippen molar-refractivity contribution in [1.82, 2.24) is 4.90 Å². The van der Waals surface area contributed by atoms with Gasteiger partial charge >= 0.3 is 18.9 Å². The molecule has 2 rings (SSSR count). The number of piperidine rings is 1. The molecule has 1 aliphatic rings. The monoisotopic (exact) mass is 239 g/mol. The molecule has 0 amide bonds. The first kappa shape index (κ1) is 15.3. The van der Waals surface area contributed by atoms with E-state index < -0.39 is 5.97 Å². The van der Waals surface area contributed by atoms with Crippen LogP contribution in [0, 0.1) is 5.92 Å². The van der Waals surface area contributed by atoms with Gasteiger partial charge < -0.3 is 9.90 Å². The smallest absolute Gasteiger partial charge is 0.549 e. The molecule has 1 aromatic rings. The summed E-state index contributed by atoms with van der Waals surface area (Å²) >= 11 is 0. The number of hydrogen-bond acceptors (Lipinski definition) is 3. The molecular formula is C14H18LiNO2. The fourth-order valence-electron chi connectivity index (χ4n) is 2.48. The predicted molar refractivity (Wildman–Crippen MR) is 64.3 cm³/mol. The number of carbonyl (C=O) groups excluding carboxylic acids is 1. The molecule has 0 radical (unpaired) electrons. The van der Waals surface area contributed by atoms with E-state index in [0.29, 0.717) is 5.92 Å². The van der Waals surface area contributed by atoms with Crippen molar-refractivity contribution in [3.63, 3.8) is 0 Å². The number of likely N-dealkylation sites (tertiary alicyclic amines) is 1. The molecule has 4 heteroatoms. The Kier molecular flexibility index (Phi) is 6.49. The predicted octanol–water partition coefficient (Wildman–Crippen LogP) is -2.30. The molecule has 1 saturated heterocycles. The molecule has 0 bridgehead atoms. The molecule has 0 aromatic heterocycles. The van der Waals surface area contributed by atoms with Gasteiger partial charge in [0.1, 0.15) is 0 Å². The van der Waals surface area contributed by atoms with E-state index in [4.69, 9.17) is 0 Å². The van der Waals surface area contributed by atoms with Gasteiger partial charge in [0.05, 0.1) is 5.97 Å². The van der Waals surface area contributed by atoms with Crippen LogP contribution in [-0.4, -0.2) is 30.5 Å². The Balaban J connectivity index is 0.00000162. The quantitative estimate of drug-likeness (QED) is 0.555. The van der Waals surface area contributed by atoms with Gasteiger partial charge in [-0.1, -0.05) is 30.3 Å². The molecule has 0 unspecified atom stereocenters. The minimum Gasteiger partial charge on any atom is -0.549 e. The Morgan fingerprint density at radius 2 is 1.83 bits per heavy atom. The van der Waals surface area contributed by atoms with Crippen molar-refractivity contribution in [3.05, 3.63) is 35.9 Å². The average Bonchev–Trinajstić information content (AvgIpc) is 2.32. The van der Waals surface area contributed by atoms with Crippen LogP contribution >= 0.6 is 0 Å². The molecular weight excluding hydrogens is 221 g/mol. The maximum Gasteiger partial charge on any atom is 1.00 e. The summed E-state index contributed by atoms with van der Waals surface area (Å²) in [7, 11) is 0. The molecule has 1 aromatic carbocycles. The van der Waals surface area contributed by atoms with E-state index in [1.807, 2.05) is 11.0 Å². The van der Waals surface area contributed by atoms with Crippen LogP contribution in [0.1, 0.15) is 18.4 Å². The fraction of sp³-hybridized carbons (Fsp3) is 0.500. The Labute approximate surface area is 120 Å². The first-order valence-corrected chi connectivity index (χ1v) is 6.20. The van der Waals surface area contributed by atoms with E-state index in [1.54, 1.807) is 0 Å². The largest absolute Gasteiger partial charge is 1.00 e. The second kappa shape index (κ2) is 7.63. The summed E-state index contributed by atoms with van der Waals surface area (Å²) in [5.74, 6) is -0.276. The minimum absolute atomic E-state index is 0. The molecule has 0 aliphatic carbocycles. The Morgan fingerprint density at radius 3 is 2.39 bits per heavy atom. The molecule has 92 valence electrons. The summed E-state index contributed by atoms with van der Waals surface area (Å²) in [6.45, 7) is 1.84. The molecule has 1 aliphatic heterocycles. The average molecular weight is 239 g/mol. The van der Waals surface area contributed by atoms with Crippen LogP contribution in [0.5, 0.6) is 0 Å². The van der Waals surface area contributed by atoms with Crippen molar-refractivity contribution in [3.8, 4) is 0 Å². The summed E-state index contributed by atoms with van der Waals surface area (Å²) in [6.07, 6.45) is 3.28. The van der Waals surface area contributed by atoms with Crippen molar-refractivity contribution in [1.29, 1.82) is 0 Å². The van der Waals surface area contributed by atoms with Gasteiger partial charge in [-0.25, -0.2) is 0 Å². The van der Waals surface area contributed by atoms with E-state index >= 15 is 0 Å². The van der Waals surface area contributed by atoms with E-state index in [0.717, 1.165) is 32.4 Å². The number of carbonyl (C=O) groups is 1. The van der Waals surface area contributed by atoms with E-state index in [1.165, 1.54) is 5.56 Å². The number of carboxylic acid groups (broad SMARTS) is 1. The van der Waals surface area contributed by atoms with E-state index in [2.05, 4.69) is 24.3 Å². The Hall–Kier alpha value is -0.753. The zero-order valence-electron chi connectivity index (χ0n) is 11.0. The van der Waals surface area contributed by atoms with Crippen molar-refractivity contribution < 1.29 is 28.8 Å². The standard InChI is InChI=1S/C14H19NO2.Li/c16-14(17)11-15-8-6-13(7-9-15)10-12-4-2-1-3-5-12;/h1-5,13H,6-11H2,(H,16,17);/q;+1/p-1. The molecule has 1 fully saturated rings. The Morgan fingerprint density at radius 1 is 1.22 bits per heavy atom. The van der Waals surface area contributed by atoms with Gasteiger partial charge in [-0.2, -0.15) is 0 Å².